The maximum atomic E-state index is 13.4. The van der Waals surface area contributed by atoms with Gasteiger partial charge in [-0.2, -0.15) is 0 Å². The zero-order valence-electron chi connectivity index (χ0n) is 8.64. The Bertz CT molecular complexity index is 377. The fourth-order valence-electron chi connectivity index (χ4n) is 1.49. The highest BCUT2D eigenvalue weighted by atomic mass is 35.5. The standard InChI is InChI=1S/C11H12ClFO2/c1-7-10(13)9(12)6-8(4-3-5-14)11(7)15-2/h5-6H,3-4H2,1-2H3. The maximum Gasteiger partial charge on any atom is 0.148 e. The average molecular weight is 231 g/mol. The van der Waals surface area contributed by atoms with Crippen LogP contribution in [0.15, 0.2) is 6.07 Å². The highest BCUT2D eigenvalue weighted by Crippen LogP contribution is 2.31. The molecule has 0 N–H and O–H groups in total. The smallest absolute Gasteiger partial charge is 0.148 e. The van der Waals surface area contributed by atoms with Crippen molar-refractivity contribution in [2.45, 2.75) is 19.8 Å². The van der Waals surface area contributed by atoms with Crippen LogP contribution in [0.4, 0.5) is 4.39 Å². The molecule has 82 valence electrons. The molecule has 1 rings (SSSR count). The predicted molar refractivity (Wildman–Crippen MR) is 57.1 cm³/mol. The van der Waals surface area contributed by atoms with Crippen molar-refractivity contribution in [1.29, 1.82) is 0 Å². The summed E-state index contributed by atoms with van der Waals surface area (Å²) in [6, 6.07) is 1.51. The summed E-state index contributed by atoms with van der Waals surface area (Å²) in [5.41, 5.74) is 1.14. The molecule has 2 nitrogen and oxygen atoms in total. The average Bonchev–Trinajstić information content (AvgIpc) is 2.23. The molecule has 0 aliphatic heterocycles. The Morgan fingerprint density at radius 1 is 1.60 bits per heavy atom. The van der Waals surface area contributed by atoms with Gasteiger partial charge in [0.1, 0.15) is 17.9 Å². The zero-order valence-corrected chi connectivity index (χ0v) is 9.40. The number of methoxy groups -OCH3 is 1. The lowest BCUT2D eigenvalue weighted by molar-refractivity contribution is -0.107. The molecule has 15 heavy (non-hydrogen) atoms. The van der Waals surface area contributed by atoms with E-state index >= 15 is 0 Å². The number of aryl methyl sites for hydroxylation is 1. The van der Waals surface area contributed by atoms with E-state index < -0.39 is 5.82 Å². The number of carbonyl (C=O) groups excluding carboxylic acids is 1. The minimum atomic E-state index is -0.469. The third-order valence-corrected chi connectivity index (χ3v) is 2.48. The van der Waals surface area contributed by atoms with Gasteiger partial charge < -0.3 is 9.53 Å². The lowest BCUT2D eigenvalue weighted by Crippen LogP contribution is -1.99. The summed E-state index contributed by atoms with van der Waals surface area (Å²) >= 11 is 5.71. The van der Waals surface area contributed by atoms with Gasteiger partial charge in [0.25, 0.3) is 0 Å². The molecule has 1 aromatic rings. The lowest BCUT2D eigenvalue weighted by Gasteiger charge is -2.12. The summed E-state index contributed by atoms with van der Waals surface area (Å²) in [4.78, 5) is 10.3. The van der Waals surface area contributed by atoms with Crippen molar-refractivity contribution in [3.8, 4) is 5.75 Å². The Balaban J connectivity index is 3.19. The highest BCUT2D eigenvalue weighted by Gasteiger charge is 2.14. The van der Waals surface area contributed by atoms with E-state index in [1.807, 2.05) is 0 Å². The summed E-state index contributed by atoms with van der Waals surface area (Å²) < 4.78 is 18.5. The third-order valence-electron chi connectivity index (χ3n) is 2.21. The molecule has 0 heterocycles. The van der Waals surface area contributed by atoms with Crippen LogP contribution in [0.5, 0.6) is 5.75 Å². The van der Waals surface area contributed by atoms with Gasteiger partial charge in [0.15, 0.2) is 0 Å². The first-order valence-corrected chi connectivity index (χ1v) is 4.94. The number of hydrogen-bond acceptors (Lipinski definition) is 2. The fraction of sp³-hybridized carbons (Fsp3) is 0.364. The molecule has 1 aromatic carbocycles. The molecular formula is C11H12ClFO2. The van der Waals surface area contributed by atoms with Crippen molar-refractivity contribution in [1.82, 2.24) is 0 Å². The van der Waals surface area contributed by atoms with E-state index in [-0.39, 0.29) is 5.02 Å². The van der Waals surface area contributed by atoms with Crippen molar-refractivity contribution in [2.24, 2.45) is 0 Å². The number of rotatable bonds is 4. The van der Waals surface area contributed by atoms with Crippen molar-refractivity contribution in [2.75, 3.05) is 7.11 Å². The summed E-state index contributed by atoms with van der Waals surface area (Å²) in [7, 11) is 1.47. The van der Waals surface area contributed by atoms with Gasteiger partial charge in [-0.25, -0.2) is 4.39 Å². The third kappa shape index (κ3) is 2.48. The minimum Gasteiger partial charge on any atom is -0.496 e. The zero-order chi connectivity index (χ0) is 11.4. The topological polar surface area (TPSA) is 26.3 Å². The minimum absolute atomic E-state index is 0.0641. The summed E-state index contributed by atoms with van der Waals surface area (Å²) in [5, 5.41) is 0.0641. The van der Waals surface area contributed by atoms with E-state index in [0.717, 1.165) is 11.8 Å². The van der Waals surface area contributed by atoms with Gasteiger partial charge in [0, 0.05) is 12.0 Å². The molecule has 0 saturated carbocycles. The summed E-state index contributed by atoms with van der Waals surface area (Å²) in [6.07, 6.45) is 1.69. The molecule has 0 atom stereocenters. The van der Waals surface area contributed by atoms with Crippen LogP contribution in [0.1, 0.15) is 17.5 Å². The molecule has 0 spiro atoms. The van der Waals surface area contributed by atoms with E-state index in [0.29, 0.717) is 24.2 Å². The van der Waals surface area contributed by atoms with Crippen LogP contribution < -0.4 is 4.74 Å². The second-order valence-electron chi connectivity index (χ2n) is 3.20. The molecular weight excluding hydrogens is 219 g/mol. The highest BCUT2D eigenvalue weighted by molar-refractivity contribution is 6.30. The number of ether oxygens (including phenoxy) is 1. The van der Waals surface area contributed by atoms with Crippen LogP contribution in [0.25, 0.3) is 0 Å². The molecule has 0 unspecified atom stereocenters. The lowest BCUT2D eigenvalue weighted by atomic mass is 10.0. The molecule has 0 aromatic heterocycles. The van der Waals surface area contributed by atoms with Gasteiger partial charge in [-0.3, -0.25) is 0 Å². The second kappa shape index (κ2) is 5.12. The quantitative estimate of drug-likeness (QED) is 0.744. The van der Waals surface area contributed by atoms with Gasteiger partial charge >= 0.3 is 0 Å². The number of hydrogen-bond donors (Lipinski definition) is 0. The monoisotopic (exact) mass is 230 g/mol. The molecule has 0 radical (unpaired) electrons. The van der Waals surface area contributed by atoms with Crippen LogP contribution in [-0.2, 0) is 11.2 Å². The van der Waals surface area contributed by atoms with Gasteiger partial charge in [0.05, 0.1) is 12.1 Å². The number of benzene rings is 1. The van der Waals surface area contributed by atoms with Crippen molar-refractivity contribution in [3.05, 3.63) is 28.0 Å². The fourth-order valence-corrected chi connectivity index (χ4v) is 1.76. The Morgan fingerprint density at radius 2 is 2.27 bits per heavy atom. The molecule has 0 fully saturated rings. The molecule has 0 amide bonds. The van der Waals surface area contributed by atoms with Gasteiger partial charge in [-0.1, -0.05) is 11.6 Å². The molecule has 0 aliphatic carbocycles. The maximum absolute atomic E-state index is 13.4. The van der Waals surface area contributed by atoms with Crippen LogP contribution in [0, 0.1) is 12.7 Å². The largest absolute Gasteiger partial charge is 0.496 e. The normalized spacial score (nSPS) is 10.1. The van der Waals surface area contributed by atoms with Crippen molar-refractivity contribution in [3.63, 3.8) is 0 Å². The van der Waals surface area contributed by atoms with E-state index in [1.54, 1.807) is 6.92 Å². The van der Waals surface area contributed by atoms with E-state index in [2.05, 4.69) is 0 Å². The van der Waals surface area contributed by atoms with Crippen LogP contribution in [0.2, 0.25) is 5.02 Å². The predicted octanol–water partition coefficient (Wildman–Crippen LogP) is 2.93. The Labute approximate surface area is 93.0 Å². The summed E-state index contributed by atoms with van der Waals surface area (Å²) in [5.74, 6) is 0.00196. The van der Waals surface area contributed by atoms with E-state index in [9.17, 15) is 9.18 Å². The SMILES string of the molecule is COc1c(CCC=O)cc(Cl)c(F)c1C. The van der Waals surface area contributed by atoms with Crippen molar-refractivity contribution < 1.29 is 13.9 Å². The summed E-state index contributed by atoms with van der Waals surface area (Å²) in [6.45, 7) is 1.60. The first-order valence-electron chi connectivity index (χ1n) is 4.57. The Kier molecular flexibility index (Phi) is 4.09. The number of carbonyl (C=O) groups is 1. The molecule has 0 saturated heterocycles. The van der Waals surface area contributed by atoms with Crippen LogP contribution in [0.3, 0.4) is 0 Å². The Morgan fingerprint density at radius 3 is 2.80 bits per heavy atom. The molecule has 0 aliphatic rings. The second-order valence-corrected chi connectivity index (χ2v) is 3.60. The van der Waals surface area contributed by atoms with Crippen LogP contribution >= 0.6 is 11.6 Å². The van der Waals surface area contributed by atoms with E-state index in [1.165, 1.54) is 13.2 Å². The van der Waals surface area contributed by atoms with Gasteiger partial charge in [-0.05, 0) is 25.0 Å². The Hall–Kier alpha value is -1.09. The van der Waals surface area contributed by atoms with Gasteiger partial charge in [0.2, 0.25) is 0 Å². The number of aldehydes is 1. The van der Waals surface area contributed by atoms with E-state index in [4.69, 9.17) is 16.3 Å². The first-order chi connectivity index (χ1) is 7.11. The molecule has 4 heteroatoms. The van der Waals surface area contributed by atoms with Crippen molar-refractivity contribution >= 4 is 17.9 Å². The number of halogens is 2. The van der Waals surface area contributed by atoms with Crippen LogP contribution in [-0.4, -0.2) is 13.4 Å². The molecule has 0 bridgehead atoms. The first kappa shape index (κ1) is 12.0. The van der Waals surface area contributed by atoms with Gasteiger partial charge in [-0.15, -0.1) is 0 Å².